The van der Waals surface area contributed by atoms with Gasteiger partial charge in [-0.3, -0.25) is 0 Å². The van der Waals surface area contributed by atoms with Crippen molar-refractivity contribution in [2.45, 2.75) is 38.7 Å². The van der Waals surface area contributed by atoms with Crippen molar-refractivity contribution in [3.05, 3.63) is 58.9 Å². The molecule has 0 spiro atoms. The monoisotopic (exact) mass is 452 g/mol. The lowest BCUT2D eigenvalue weighted by Gasteiger charge is -2.32. The van der Waals surface area contributed by atoms with Gasteiger partial charge in [0.05, 0.1) is 5.92 Å². The third-order valence-corrected chi connectivity index (χ3v) is 5.13. The lowest BCUT2D eigenvalue weighted by Crippen LogP contribution is -2.37. The summed E-state index contributed by atoms with van der Waals surface area (Å²) in [4.78, 5) is 12.0. The second kappa shape index (κ2) is 8.76. The van der Waals surface area contributed by atoms with Gasteiger partial charge in [-0.1, -0.05) is 19.8 Å². The maximum absolute atomic E-state index is 14.4. The van der Waals surface area contributed by atoms with Gasteiger partial charge in [-0.25, -0.2) is 26.7 Å². The Hall–Kier alpha value is -2.78. The molecule has 0 atom stereocenters. The second-order valence-corrected chi connectivity index (χ2v) is 7.47. The molecule has 2 aromatic rings. The summed E-state index contributed by atoms with van der Waals surface area (Å²) in [5.74, 6) is -12.6. The minimum atomic E-state index is -3.68. The standard InChI is InChI=1S/C21H17F7O3.H2/c1-10-2-4-11(5-3-10)21(27,28)31-13-8-14(22)18(15(23)9-13)20(29)30-12-6-16(24)19(26)17(25)7-12;/h6-11H,2-5H2,1H3;1H. The molecule has 0 saturated heterocycles. The minimum Gasteiger partial charge on any atom is -0.432 e. The molecule has 1 aliphatic rings. The van der Waals surface area contributed by atoms with E-state index in [0.29, 0.717) is 43.0 Å². The van der Waals surface area contributed by atoms with E-state index in [4.69, 9.17) is 0 Å². The first-order valence-corrected chi connectivity index (χ1v) is 9.40. The zero-order valence-electron chi connectivity index (χ0n) is 16.2. The molecular weight excluding hydrogens is 433 g/mol. The zero-order chi connectivity index (χ0) is 22.9. The van der Waals surface area contributed by atoms with Crippen LogP contribution >= 0.6 is 0 Å². The van der Waals surface area contributed by atoms with Crippen LogP contribution in [0.15, 0.2) is 24.3 Å². The van der Waals surface area contributed by atoms with Crippen molar-refractivity contribution in [3.63, 3.8) is 0 Å². The molecule has 0 heterocycles. The van der Waals surface area contributed by atoms with E-state index in [9.17, 15) is 35.5 Å². The van der Waals surface area contributed by atoms with Gasteiger partial charge in [-0.05, 0) is 18.8 Å². The summed E-state index contributed by atoms with van der Waals surface area (Å²) in [6.45, 7) is 1.94. The number of carbonyl (C=O) groups is 1. The average molecular weight is 452 g/mol. The fourth-order valence-corrected chi connectivity index (χ4v) is 3.39. The van der Waals surface area contributed by atoms with Crippen LogP contribution in [0.3, 0.4) is 0 Å². The van der Waals surface area contributed by atoms with Gasteiger partial charge in [0.2, 0.25) is 0 Å². The molecule has 10 heteroatoms. The van der Waals surface area contributed by atoms with Gasteiger partial charge in [-0.2, -0.15) is 8.78 Å². The normalized spacial score (nSPS) is 19.2. The predicted molar refractivity (Wildman–Crippen MR) is 96.4 cm³/mol. The molecular formula is C21H19F7O3. The highest BCUT2D eigenvalue weighted by Crippen LogP contribution is 2.40. The van der Waals surface area contributed by atoms with Crippen molar-refractivity contribution >= 4 is 5.97 Å². The summed E-state index contributed by atoms with van der Waals surface area (Å²) >= 11 is 0. The van der Waals surface area contributed by atoms with Crippen LogP contribution in [-0.2, 0) is 0 Å². The molecule has 0 radical (unpaired) electrons. The predicted octanol–water partition coefficient (Wildman–Crippen LogP) is 6.65. The molecule has 0 amide bonds. The fourth-order valence-electron chi connectivity index (χ4n) is 3.39. The fraction of sp³-hybridized carbons (Fsp3) is 0.381. The van der Waals surface area contributed by atoms with E-state index in [1.807, 2.05) is 6.92 Å². The Kier molecular flexibility index (Phi) is 6.47. The van der Waals surface area contributed by atoms with Crippen molar-refractivity contribution in [2.24, 2.45) is 11.8 Å². The van der Waals surface area contributed by atoms with E-state index in [1.54, 1.807) is 0 Å². The number of hydrogen-bond donors (Lipinski definition) is 0. The van der Waals surface area contributed by atoms with Gasteiger partial charge >= 0.3 is 12.1 Å². The molecule has 1 fully saturated rings. The van der Waals surface area contributed by atoms with Gasteiger partial charge in [-0.15, -0.1) is 0 Å². The van der Waals surface area contributed by atoms with Gasteiger partial charge in [0, 0.05) is 25.7 Å². The van der Waals surface area contributed by atoms with E-state index < -0.39 is 64.1 Å². The Morgan fingerprint density at radius 2 is 1.35 bits per heavy atom. The molecule has 0 N–H and O–H groups in total. The Morgan fingerprint density at radius 1 is 0.871 bits per heavy atom. The summed E-state index contributed by atoms with van der Waals surface area (Å²) in [7, 11) is 0. The van der Waals surface area contributed by atoms with Gasteiger partial charge in [0.25, 0.3) is 0 Å². The first kappa shape index (κ1) is 22.9. The number of carbonyl (C=O) groups excluding carboxylic acids is 1. The van der Waals surface area contributed by atoms with Crippen molar-refractivity contribution in [1.29, 1.82) is 0 Å². The average Bonchev–Trinajstić information content (AvgIpc) is 2.65. The maximum atomic E-state index is 14.4. The summed E-state index contributed by atoms with van der Waals surface area (Å²) < 4.78 is 106. The number of halogens is 7. The molecule has 170 valence electrons. The van der Waals surface area contributed by atoms with E-state index in [0.717, 1.165) is 0 Å². The molecule has 2 aromatic carbocycles. The van der Waals surface area contributed by atoms with Crippen molar-refractivity contribution in [2.75, 3.05) is 0 Å². The van der Waals surface area contributed by atoms with Crippen molar-refractivity contribution in [3.8, 4) is 11.5 Å². The Balaban J connectivity index is 0.00000363. The zero-order valence-corrected chi connectivity index (χ0v) is 16.2. The largest absolute Gasteiger partial charge is 0.432 e. The Bertz CT molecular complexity index is 945. The number of ether oxygens (including phenoxy) is 2. The van der Waals surface area contributed by atoms with Crippen LogP contribution < -0.4 is 9.47 Å². The highest BCUT2D eigenvalue weighted by molar-refractivity contribution is 5.91. The molecule has 1 saturated carbocycles. The quantitative estimate of drug-likeness (QED) is 0.221. The van der Waals surface area contributed by atoms with E-state index >= 15 is 0 Å². The summed E-state index contributed by atoms with van der Waals surface area (Å²) in [5.41, 5.74) is -1.30. The maximum Gasteiger partial charge on any atom is 0.400 e. The van der Waals surface area contributed by atoms with Crippen LogP contribution in [0.5, 0.6) is 11.5 Å². The third-order valence-electron chi connectivity index (χ3n) is 5.13. The van der Waals surface area contributed by atoms with Gasteiger partial charge < -0.3 is 9.47 Å². The minimum absolute atomic E-state index is 0. The van der Waals surface area contributed by atoms with E-state index in [1.165, 1.54) is 0 Å². The topological polar surface area (TPSA) is 35.5 Å². The molecule has 0 aromatic heterocycles. The van der Waals surface area contributed by atoms with E-state index in [2.05, 4.69) is 9.47 Å². The van der Waals surface area contributed by atoms with Crippen LogP contribution in [0.1, 0.15) is 44.4 Å². The molecule has 3 nitrogen and oxygen atoms in total. The van der Waals surface area contributed by atoms with Gasteiger partial charge in [0.15, 0.2) is 17.5 Å². The van der Waals surface area contributed by atoms with E-state index in [-0.39, 0.29) is 14.3 Å². The van der Waals surface area contributed by atoms with Crippen molar-refractivity contribution in [1.82, 2.24) is 0 Å². The number of hydrogen-bond acceptors (Lipinski definition) is 3. The van der Waals surface area contributed by atoms with Crippen LogP contribution in [0.4, 0.5) is 30.7 Å². The van der Waals surface area contributed by atoms with Crippen LogP contribution in [0.2, 0.25) is 0 Å². The summed E-state index contributed by atoms with van der Waals surface area (Å²) in [6.07, 6.45) is -2.16. The number of esters is 1. The number of benzene rings is 2. The molecule has 0 unspecified atom stereocenters. The third kappa shape index (κ3) is 5.11. The van der Waals surface area contributed by atoms with Crippen LogP contribution in [0, 0.1) is 40.9 Å². The molecule has 0 aliphatic heterocycles. The molecule has 1 aliphatic carbocycles. The second-order valence-electron chi connectivity index (χ2n) is 7.47. The first-order chi connectivity index (χ1) is 14.5. The summed E-state index contributed by atoms with van der Waals surface area (Å²) in [6, 6.07) is 1.36. The van der Waals surface area contributed by atoms with Crippen molar-refractivity contribution < 1.29 is 46.4 Å². The van der Waals surface area contributed by atoms with Crippen LogP contribution in [0.25, 0.3) is 0 Å². The highest BCUT2D eigenvalue weighted by atomic mass is 19.3. The SMILES string of the molecule is CC1CCC(C(F)(F)Oc2cc(F)c(C(=O)Oc3cc(F)c(F)c(F)c3)c(F)c2)CC1.[HH]. The Labute approximate surface area is 174 Å². The molecule has 3 rings (SSSR count). The number of rotatable bonds is 5. The lowest BCUT2D eigenvalue weighted by atomic mass is 9.82. The smallest absolute Gasteiger partial charge is 0.400 e. The van der Waals surface area contributed by atoms with Crippen LogP contribution in [-0.4, -0.2) is 12.1 Å². The Morgan fingerprint density at radius 3 is 1.87 bits per heavy atom. The van der Waals surface area contributed by atoms with Gasteiger partial charge in [0.1, 0.15) is 28.7 Å². The number of alkyl halides is 2. The summed E-state index contributed by atoms with van der Waals surface area (Å²) in [5, 5.41) is 0. The highest BCUT2D eigenvalue weighted by Gasteiger charge is 2.43. The lowest BCUT2D eigenvalue weighted by molar-refractivity contribution is -0.223. The molecule has 0 bridgehead atoms. The molecule has 31 heavy (non-hydrogen) atoms. The first-order valence-electron chi connectivity index (χ1n) is 9.40.